The number of halogens is 1. The molecule has 0 radical (unpaired) electrons. The lowest BCUT2D eigenvalue weighted by Gasteiger charge is -2.29. The fourth-order valence-electron chi connectivity index (χ4n) is 1.91. The van der Waals surface area contributed by atoms with Crippen LogP contribution in [0.4, 0.5) is 5.69 Å². The van der Waals surface area contributed by atoms with Gasteiger partial charge in [-0.1, -0.05) is 17.7 Å². The summed E-state index contributed by atoms with van der Waals surface area (Å²) in [4.78, 5) is 23.8. The molecular formula is C16H18ClNO5. The van der Waals surface area contributed by atoms with E-state index in [2.05, 4.69) is 5.32 Å². The first kappa shape index (κ1) is 17.1. The number of hydrogen-bond donors (Lipinski definition) is 1. The van der Waals surface area contributed by atoms with Gasteiger partial charge in [0.2, 0.25) is 0 Å². The summed E-state index contributed by atoms with van der Waals surface area (Å²) in [7, 11) is 0. The van der Waals surface area contributed by atoms with Crippen LogP contribution in [0.3, 0.4) is 0 Å². The van der Waals surface area contributed by atoms with Crippen LogP contribution in [0, 0.1) is 0 Å². The summed E-state index contributed by atoms with van der Waals surface area (Å²) in [5.74, 6) is -2.36. The predicted molar refractivity (Wildman–Crippen MR) is 85.2 cm³/mol. The van der Waals surface area contributed by atoms with Gasteiger partial charge in [0.05, 0.1) is 16.8 Å². The molecule has 0 saturated carbocycles. The topological polar surface area (TPSA) is 73.9 Å². The first-order valence-corrected chi connectivity index (χ1v) is 7.46. The smallest absolute Gasteiger partial charge is 0.350 e. The zero-order valence-electron chi connectivity index (χ0n) is 13.3. The number of carbonyl (C=O) groups is 2. The summed E-state index contributed by atoms with van der Waals surface area (Å²) in [6.45, 7) is 6.70. The Hall–Kier alpha value is -2.21. The van der Waals surface area contributed by atoms with Crippen molar-refractivity contribution in [3.8, 4) is 5.75 Å². The van der Waals surface area contributed by atoms with Crippen molar-refractivity contribution in [3.63, 3.8) is 0 Å². The van der Waals surface area contributed by atoms with Crippen molar-refractivity contribution in [1.29, 1.82) is 0 Å². The van der Waals surface area contributed by atoms with Gasteiger partial charge >= 0.3 is 11.9 Å². The molecule has 0 aromatic heterocycles. The van der Waals surface area contributed by atoms with Crippen LogP contribution >= 0.6 is 11.6 Å². The van der Waals surface area contributed by atoms with Crippen LogP contribution in [-0.4, -0.2) is 23.8 Å². The SMILES string of the molecule is CC(C)Oc1c(Cl)cccc1NC=C1C(=O)OC(C)(C)OC1=O. The molecule has 1 heterocycles. The number of anilines is 1. The fourth-order valence-corrected chi connectivity index (χ4v) is 2.13. The second-order valence-corrected chi connectivity index (χ2v) is 6.07. The molecule has 0 amide bonds. The van der Waals surface area contributed by atoms with Crippen molar-refractivity contribution in [2.45, 2.75) is 39.6 Å². The molecule has 23 heavy (non-hydrogen) atoms. The molecule has 0 atom stereocenters. The molecule has 0 aliphatic carbocycles. The number of rotatable bonds is 4. The number of hydrogen-bond acceptors (Lipinski definition) is 6. The summed E-state index contributed by atoms with van der Waals surface area (Å²) in [6.07, 6.45) is 1.13. The lowest BCUT2D eigenvalue weighted by Crippen LogP contribution is -2.42. The van der Waals surface area contributed by atoms with Gasteiger partial charge in [-0.3, -0.25) is 0 Å². The van der Waals surface area contributed by atoms with Gasteiger partial charge in [0.1, 0.15) is 0 Å². The third kappa shape index (κ3) is 4.16. The molecule has 0 spiro atoms. The molecule has 7 heteroatoms. The molecule has 6 nitrogen and oxygen atoms in total. The third-order valence-corrected chi connectivity index (χ3v) is 3.11. The maximum atomic E-state index is 11.9. The van der Waals surface area contributed by atoms with Crippen LogP contribution in [0.25, 0.3) is 0 Å². The average Bonchev–Trinajstić information content (AvgIpc) is 2.39. The van der Waals surface area contributed by atoms with Crippen LogP contribution in [0.2, 0.25) is 5.02 Å². The minimum Gasteiger partial charge on any atom is -0.487 e. The van der Waals surface area contributed by atoms with E-state index >= 15 is 0 Å². The van der Waals surface area contributed by atoms with Crippen LogP contribution in [0.5, 0.6) is 5.75 Å². The molecule has 1 aliphatic heterocycles. The largest absolute Gasteiger partial charge is 0.487 e. The van der Waals surface area contributed by atoms with E-state index in [9.17, 15) is 9.59 Å². The Labute approximate surface area is 139 Å². The van der Waals surface area contributed by atoms with Crippen molar-refractivity contribution < 1.29 is 23.8 Å². The number of cyclic esters (lactones) is 2. The normalized spacial score (nSPS) is 16.7. The van der Waals surface area contributed by atoms with Gasteiger partial charge < -0.3 is 19.5 Å². The van der Waals surface area contributed by atoms with Gasteiger partial charge in [-0.25, -0.2) is 9.59 Å². The van der Waals surface area contributed by atoms with Crippen LogP contribution in [0.1, 0.15) is 27.7 Å². The van der Waals surface area contributed by atoms with Gasteiger partial charge in [-0.15, -0.1) is 0 Å². The quantitative estimate of drug-likeness (QED) is 0.515. The summed E-state index contributed by atoms with van der Waals surface area (Å²) < 4.78 is 15.7. The van der Waals surface area contributed by atoms with E-state index in [4.69, 9.17) is 25.8 Å². The second kappa shape index (κ2) is 6.50. The number of benzene rings is 1. The highest BCUT2D eigenvalue weighted by atomic mass is 35.5. The Bertz CT molecular complexity index is 644. The molecule has 2 rings (SSSR count). The highest BCUT2D eigenvalue weighted by molar-refractivity contribution is 6.32. The molecule has 124 valence electrons. The minimum absolute atomic E-state index is 0.0893. The van der Waals surface area contributed by atoms with E-state index in [1.807, 2.05) is 13.8 Å². The molecule has 1 fully saturated rings. The lowest BCUT2D eigenvalue weighted by molar-refractivity contribution is -0.222. The Morgan fingerprint density at radius 2 is 1.83 bits per heavy atom. The molecule has 1 aromatic carbocycles. The van der Waals surface area contributed by atoms with Crippen molar-refractivity contribution in [1.82, 2.24) is 0 Å². The first-order valence-electron chi connectivity index (χ1n) is 7.08. The average molecular weight is 340 g/mol. The molecule has 0 unspecified atom stereocenters. The number of nitrogens with one attached hydrogen (secondary N) is 1. The van der Waals surface area contributed by atoms with Crippen molar-refractivity contribution in [3.05, 3.63) is 35.0 Å². The summed E-state index contributed by atoms with van der Waals surface area (Å²) in [6, 6.07) is 5.12. The van der Waals surface area contributed by atoms with Crippen LogP contribution in [-0.2, 0) is 19.1 Å². The zero-order chi connectivity index (χ0) is 17.2. The monoisotopic (exact) mass is 339 g/mol. The van der Waals surface area contributed by atoms with Crippen molar-refractivity contribution >= 4 is 29.2 Å². The van der Waals surface area contributed by atoms with Crippen LogP contribution < -0.4 is 10.1 Å². The van der Waals surface area contributed by atoms with Gasteiger partial charge in [0, 0.05) is 20.0 Å². The highest BCUT2D eigenvalue weighted by Crippen LogP contribution is 2.34. The van der Waals surface area contributed by atoms with Gasteiger partial charge in [0.25, 0.3) is 5.79 Å². The lowest BCUT2D eigenvalue weighted by atomic mass is 10.2. The van der Waals surface area contributed by atoms with Gasteiger partial charge in [0.15, 0.2) is 11.3 Å². The highest BCUT2D eigenvalue weighted by Gasteiger charge is 2.39. The van der Waals surface area contributed by atoms with Gasteiger partial charge in [-0.2, -0.15) is 0 Å². The van der Waals surface area contributed by atoms with Crippen molar-refractivity contribution in [2.24, 2.45) is 0 Å². The first-order chi connectivity index (χ1) is 10.7. The van der Waals surface area contributed by atoms with Crippen molar-refractivity contribution in [2.75, 3.05) is 5.32 Å². The molecule has 1 aliphatic rings. The van der Waals surface area contributed by atoms with E-state index in [-0.39, 0.29) is 11.7 Å². The number of ether oxygens (including phenoxy) is 3. The summed E-state index contributed by atoms with van der Waals surface area (Å²) >= 11 is 6.12. The summed E-state index contributed by atoms with van der Waals surface area (Å²) in [5, 5.41) is 3.26. The number of para-hydroxylation sites is 1. The maximum Gasteiger partial charge on any atom is 0.350 e. The number of carbonyl (C=O) groups excluding carboxylic acids is 2. The standard InChI is InChI=1S/C16H18ClNO5/c1-9(2)21-13-11(17)6-5-7-12(13)18-8-10-14(19)22-16(3,4)23-15(10)20/h5-9,18H,1-4H3. The van der Waals surface area contributed by atoms with E-state index in [1.54, 1.807) is 18.2 Å². The fraction of sp³-hybridized carbons (Fsp3) is 0.375. The Kier molecular flexibility index (Phi) is 4.85. The molecule has 1 saturated heterocycles. The summed E-state index contributed by atoms with van der Waals surface area (Å²) in [5.41, 5.74) is 0.281. The Balaban J connectivity index is 2.25. The zero-order valence-corrected chi connectivity index (χ0v) is 14.1. The second-order valence-electron chi connectivity index (χ2n) is 5.66. The Morgan fingerprint density at radius 3 is 2.39 bits per heavy atom. The predicted octanol–water partition coefficient (Wildman–Crippen LogP) is 3.26. The van der Waals surface area contributed by atoms with Crippen LogP contribution in [0.15, 0.2) is 30.0 Å². The maximum absolute atomic E-state index is 11.9. The van der Waals surface area contributed by atoms with E-state index in [1.165, 1.54) is 20.0 Å². The third-order valence-electron chi connectivity index (χ3n) is 2.81. The van der Waals surface area contributed by atoms with E-state index in [0.717, 1.165) is 0 Å². The minimum atomic E-state index is -1.27. The molecule has 1 N–H and O–H groups in total. The molecule has 0 bridgehead atoms. The Morgan fingerprint density at radius 1 is 1.22 bits per heavy atom. The number of esters is 2. The van der Waals surface area contributed by atoms with E-state index < -0.39 is 17.7 Å². The molecule has 1 aromatic rings. The van der Waals surface area contributed by atoms with Gasteiger partial charge in [-0.05, 0) is 26.0 Å². The van der Waals surface area contributed by atoms with E-state index in [0.29, 0.717) is 16.5 Å². The molecular weight excluding hydrogens is 322 g/mol.